The van der Waals surface area contributed by atoms with Gasteiger partial charge in [0, 0.05) is 90.0 Å². The zero-order chi connectivity index (χ0) is 34.7. The molecule has 2 aliphatic heterocycles. The minimum absolute atomic E-state index is 0. The van der Waals surface area contributed by atoms with Crippen LogP contribution in [0.15, 0.2) is 24.3 Å². The molecule has 0 radical (unpaired) electrons. The Morgan fingerprint density at radius 2 is 1.85 bits per heavy atom. The number of nitrogens with zero attached hydrogens (tertiary/aromatic N) is 2. The van der Waals surface area contributed by atoms with Crippen molar-refractivity contribution in [1.29, 1.82) is 1.43 Å². The quantitative estimate of drug-likeness (QED) is 0.0881. The zero-order valence-electron chi connectivity index (χ0n) is 30.0. The summed E-state index contributed by atoms with van der Waals surface area (Å²) in [6.45, 7) is 15.4. The maximum atomic E-state index is 13.3. The van der Waals surface area contributed by atoms with Crippen LogP contribution in [0.4, 0.5) is 4.79 Å². The fourth-order valence-corrected chi connectivity index (χ4v) is 8.72. The Balaban J connectivity index is 0.00000800. The van der Waals surface area contributed by atoms with Crippen molar-refractivity contribution in [2.75, 3.05) is 32.1 Å². The van der Waals surface area contributed by atoms with Crippen LogP contribution in [0, 0.1) is 41.7 Å². The van der Waals surface area contributed by atoms with E-state index in [0.29, 0.717) is 37.3 Å². The van der Waals surface area contributed by atoms with E-state index in [1.54, 1.807) is 11.8 Å². The average Bonchev–Trinajstić information content (AvgIpc) is 3.53. The van der Waals surface area contributed by atoms with Crippen molar-refractivity contribution in [2.45, 2.75) is 122 Å². The maximum absolute atomic E-state index is 13.3. The van der Waals surface area contributed by atoms with Crippen molar-refractivity contribution in [3.63, 3.8) is 0 Å². The average molecular weight is 824 g/mol. The smallest absolute Gasteiger partial charge is 0.325 e. The van der Waals surface area contributed by atoms with Gasteiger partial charge in [-0.15, -0.1) is 0 Å². The van der Waals surface area contributed by atoms with E-state index in [2.05, 4.69) is 36.5 Å². The molecule has 4 amide bonds. The molecule has 2 aliphatic rings. The van der Waals surface area contributed by atoms with E-state index in [0.717, 1.165) is 24.8 Å². The van der Waals surface area contributed by atoms with Gasteiger partial charge in [0.25, 0.3) is 14.4 Å². The Hall–Kier alpha value is -0.413. The number of ether oxygens (including phenoxy) is 1. The first-order chi connectivity index (χ1) is 22.2. The summed E-state index contributed by atoms with van der Waals surface area (Å²) in [5, 5.41) is 10.7. The largest absolute Gasteiger partial charge is 0.394 e. The van der Waals surface area contributed by atoms with Gasteiger partial charge in [-0.1, -0.05) is 39.3 Å². The molecule has 0 aliphatic carbocycles. The third-order valence-electron chi connectivity index (χ3n) is 8.27. The summed E-state index contributed by atoms with van der Waals surface area (Å²) in [6.07, 6.45) is 2.94. The van der Waals surface area contributed by atoms with Gasteiger partial charge in [0.1, 0.15) is 6.10 Å². The summed E-state index contributed by atoms with van der Waals surface area (Å²) in [5.41, 5.74) is 1.64. The molecular formula is C33H55CeN4O7PS. The minimum atomic E-state index is -1.85. The van der Waals surface area contributed by atoms with Gasteiger partial charge < -0.3 is 29.9 Å². The van der Waals surface area contributed by atoms with Gasteiger partial charge in [-0.3, -0.25) is 14.5 Å². The van der Waals surface area contributed by atoms with Crippen molar-refractivity contribution < 1.29 is 75.4 Å². The number of benzene rings is 1. The monoisotopic (exact) mass is 823 g/mol. The minimum Gasteiger partial charge on any atom is -0.394 e. The number of nitrogens with one attached hydrogen (secondary N) is 2. The van der Waals surface area contributed by atoms with Crippen molar-refractivity contribution in [1.82, 2.24) is 20.2 Å². The van der Waals surface area contributed by atoms with Crippen LogP contribution in [0.5, 0.6) is 0 Å². The molecule has 0 spiro atoms. The zero-order valence-corrected chi connectivity index (χ0v) is 33.8. The number of unbranched alkanes of at least 4 members (excludes halogenated alkanes) is 1. The fraction of sp³-hybridized carbons (Fsp3) is 0.727. The number of aliphatic hydroxyl groups is 1. The summed E-state index contributed by atoms with van der Waals surface area (Å²) in [6, 6.07) is 7.17. The van der Waals surface area contributed by atoms with E-state index < -0.39 is 14.6 Å². The first-order valence-corrected chi connectivity index (χ1v) is 18.7. The second-order valence-corrected chi connectivity index (χ2v) is 16.1. The Bertz CT molecular complexity index is 1160. The second-order valence-electron chi connectivity index (χ2n) is 13.7. The molecule has 14 heteroatoms. The number of carbonyl (C=O) groups excluding carboxylic acids is 3. The van der Waals surface area contributed by atoms with Gasteiger partial charge >= 0.3 is 6.03 Å². The van der Waals surface area contributed by atoms with Crippen LogP contribution >= 0.6 is 20.3 Å². The van der Waals surface area contributed by atoms with Crippen LogP contribution in [-0.2, 0) is 19.5 Å². The van der Waals surface area contributed by atoms with E-state index in [1.807, 2.05) is 56.6 Å². The van der Waals surface area contributed by atoms with E-state index in [4.69, 9.17) is 10.7 Å². The Morgan fingerprint density at radius 1 is 1.17 bits per heavy atom. The van der Waals surface area contributed by atoms with E-state index in [9.17, 15) is 19.3 Å². The summed E-state index contributed by atoms with van der Waals surface area (Å²) in [5.74, 6) is 0.442. The SMILES string of the molecule is [2H]OCC(COCCCNC(=O)CCCCC1SC[C@H]2[C@@H]1NC(=O)N2C(=O)c1ccc(C(C)(C)C)cc1)OP(O)N(C(C)C)C(C)C.[Ce]. The van der Waals surface area contributed by atoms with Crippen molar-refractivity contribution >= 4 is 38.1 Å². The molecule has 1 aromatic rings. The van der Waals surface area contributed by atoms with Crippen LogP contribution in [0.1, 0.15) is 96.5 Å². The Morgan fingerprint density at radius 3 is 2.47 bits per heavy atom. The molecule has 3 rings (SSSR count). The first-order valence-electron chi connectivity index (χ1n) is 16.9. The van der Waals surface area contributed by atoms with Gasteiger partial charge in [0.05, 0.1) is 25.3 Å². The second kappa shape index (κ2) is 20.4. The fourth-order valence-electron chi connectivity index (χ4n) is 5.85. The third kappa shape index (κ3) is 12.7. The molecule has 2 saturated heterocycles. The van der Waals surface area contributed by atoms with E-state index in [-0.39, 0.29) is 108 Å². The number of thioether (sulfide) groups is 1. The van der Waals surface area contributed by atoms with E-state index in [1.165, 1.54) is 4.90 Å². The Kier molecular flexibility index (Phi) is 17.8. The van der Waals surface area contributed by atoms with E-state index >= 15 is 0 Å². The molecule has 2 fully saturated rings. The van der Waals surface area contributed by atoms with Crippen molar-refractivity contribution in [3.05, 3.63) is 35.4 Å². The third-order valence-corrected chi connectivity index (χ3v) is 11.6. The van der Waals surface area contributed by atoms with Crippen LogP contribution in [0.2, 0.25) is 0 Å². The van der Waals surface area contributed by atoms with Gasteiger partial charge in [-0.05, 0) is 70.1 Å². The molecule has 264 valence electrons. The summed E-state index contributed by atoms with van der Waals surface area (Å²) in [4.78, 5) is 50.4. The molecule has 0 aromatic heterocycles. The van der Waals surface area contributed by atoms with Crippen LogP contribution < -0.4 is 10.6 Å². The number of carbonyl (C=O) groups is 3. The molecule has 11 nitrogen and oxygen atoms in total. The number of hydrogen-bond acceptors (Lipinski definition) is 9. The molecular weight excluding hydrogens is 768 g/mol. The van der Waals surface area contributed by atoms with Crippen molar-refractivity contribution in [3.8, 4) is 0 Å². The number of fused-ring (bicyclic) bond motifs is 1. The molecule has 3 unspecified atom stereocenters. The molecule has 1 aromatic carbocycles. The molecule has 2 heterocycles. The topological polar surface area (TPSA) is 141 Å². The van der Waals surface area contributed by atoms with Crippen LogP contribution in [-0.4, -0.2) is 106 Å². The Labute approximate surface area is 321 Å². The molecule has 4 N–H and O–H groups in total. The predicted octanol–water partition coefficient (Wildman–Crippen LogP) is 4.80. The number of amides is 4. The summed E-state index contributed by atoms with van der Waals surface area (Å²) >= 11 is 1.79. The summed E-state index contributed by atoms with van der Waals surface area (Å²) in [7, 11) is -1.85. The van der Waals surface area contributed by atoms with Gasteiger partial charge in [-0.2, -0.15) is 11.8 Å². The maximum Gasteiger partial charge on any atom is 0.325 e. The van der Waals surface area contributed by atoms with Crippen LogP contribution in [0.25, 0.3) is 0 Å². The summed E-state index contributed by atoms with van der Waals surface area (Å²) < 4.78 is 20.4. The number of rotatable bonds is 19. The molecule has 0 saturated carbocycles. The van der Waals surface area contributed by atoms with Gasteiger partial charge in [-0.25, -0.2) is 9.46 Å². The number of urea groups is 1. The molecule has 47 heavy (non-hydrogen) atoms. The molecule has 0 bridgehead atoms. The predicted molar refractivity (Wildman–Crippen MR) is 184 cm³/mol. The number of imide groups is 1. The number of hydrogen-bond donors (Lipinski definition) is 4. The van der Waals surface area contributed by atoms with Crippen molar-refractivity contribution in [2.24, 2.45) is 0 Å². The van der Waals surface area contributed by atoms with Crippen LogP contribution in [0.3, 0.4) is 0 Å². The molecule has 5 atom stereocenters. The van der Waals surface area contributed by atoms with Gasteiger partial charge in [0.15, 0.2) is 0 Å². The first kappa shape index (κ1) is 41.0. The van der Waals surface area contributed by atoms with Gasteiger partial charge in [0.2, 0.25) is 7.34 Å². The normalized spacial score (nSPS) is 21.0. The number of aliphatic hydroxyl groups excluding tert-OH is 1. The standard InChI is InChI=1S/C33H55N4O7PS.Ce/c1-22(2)37(23(3)4)45(42)44-26(19-38)20-43-18-10-17-34-29(39)12-9-8-11-28-30-27(21-46-28)36(32(41)35-30)31(40)24-13-15-25(16-14-24)33(5,6)7;/h13-16,22-23,26-28,30,38,42H,8-12,17-21H2,1-7H3,(H,34,39)(H,35,41);/t26?,27-,28?,30-,45?;/m0./s1/i38D;.